The maximum Gasteiger partial charge on any atom is 0.175 e. The van der Waals surface area contributed by atoms with Gasteiger partial charge < -0.3 is 0 Å². The number of fused-ring (bicyclic) bond motifs is 1. The highest BCUT2D eigenvalue weighted by molar-refractivity contribution is 6.32. The first-order valence-electron chi connectivity index (χ1n) is 4.17. The monoisotopic (exact) mass is 195 g/mol. The second kappa shape index (κ2) is 3.00. The second-order valence-electron chi connectivity index (χ2n) is 3.25. The largest absolute Gasteiger partial charge is 0.300 e. The molecule has 13 heavy (non-hydrogen) atoms. The predicted octanol–water partition coefficient (Wildman–Crippen LogP) is 2.51. The predicted molar refractivity (Wildman–Crippen MR) is 52.1 cm³/mol. The lowest BCUT2D eigenvalue weighted by atomic mass is 10.1. The third kappa shape index (κ3) is 1.29. The molecular formula is C9H10ClN3. The third-order valence-electron chi connectivity index (χ3n) is 2.01. The van der Waals surface area contributed by atoms with Gasteiger partial charge in [0.15, 0.2) is 10.8 Å². The van der Waals surface area contributed by atoms with E-state index in [1.54, 1.807) is 6.20 Å². The molecule has 0 aliphatic rings. The van der Waals surface area contributed by atoms with Gasteiger partial charge in [-0.15, -0.1) is 0 Å². The molecule has 68 valence electrons. The first-order chi connectivity index (χ1) is 6.20. The first kappa shape index (κ1) is 8.51. The Hall–Kier alpha value is -1.09. The number of imidazole rings is 1. The topological polar surface area (TPSA) is 30.2 Å². The Morgan fingerprint density at radius 1 is 1.38 bits per heavy atom. The van der Waals surface area contributed by atoms with Gasteiger partial charge in [0.1, 0.15) is 0 Å². The van der Waals surface area contributed by atoms with E-state index in [1.165, 1.54) is 0 Å². The molecule has 0 atom stereocenters. The van der Waals surface area contributed by atoms with Crippen molar-refractivity contribution < 1.29 is 0 Å². The van der Waals surface area contributed by atoms with Gasteiger partial charge in [-0.05, 0) is 5.92 Å². The number of aromatic nitrogens is 3. The molecule has 2 aromatic rings. The average Bonchev–Trinajstić information content (AvgIpc) is 2.48. The summed E-state index contributed by atoms with van der Waals surface area (Å²) in [5, 5.41) is 0.453. The lowest BCUT2D eigenvalue weighted by molar-refractivity contribution is 0.807. The number of hydrogen-bond donors (Lipinski definition) is 0. The van der Waals surface area contributed by atoms with Crippen molar-refractivity contribution in [3.8, 4) is 0 Å². The van der Waals surface area contributed by atoms with E-state index in [0.29, 0.717) is 11.1 Å². The molecule has 0 unspecified atom stereocenters. The molecule has 0 aromatic carbocycles. The average molecular weight is 196 g/mol. The normalized spacial score (nSPS) is 11.4. The number of hydrogen-bond acceptors (Lipinski definition) is 2. The lowest BCUT2D eigenvalue weighted by Gasteiger charge is -2.03. The van der Waals surface area contributed by atoms with Gasteiger partial charge in [-0.3, -0.25) is 4.40 Å². The Kier molecular flexibility index (Phi) is 1.96. The zero-order chi connectivity index (χ0) is 9.42. The summed E-state index contributed by atoms with van der Waals surface area (Å²) in [6.45, 7) is 4.25. The standard InChI is InChI=1S/C9H10ClN3/c1-6(2)7-5-12-9-8(10)11-3-4-13(7)9/h3-6H,1-2H3. The van der Waals surface area contributed by atoms with Crippen LogP contribution in [0.5, 0.6) is 0 Å². The van der Waals surface area contributed by atoms with Gasteiger partial charge in [-0.2, -0.15) is 0 Å². The summed E-state index contributed by atoms with van der Waals surface area (Å²) in [5.41, 5.74) is 1.88. The minimum atomic E-state index is 0.438. The maximum atomic E-state index is 5.88. The van der Waals surface area contributed by atoms with Crippen LogP contribution in [0.25, 0.3) is 5.65 Å². The van der Waals surface area contributed by atoms with Crippen molar-refractivity contribution in [1.29, 1.82) is 0 Å². The van der Waals surface area contributed by atoms with Gasteiger partial charge in [0, 0.05) is 24.3 Å². The van der Waals surface area contributed by atoms with Crippen molar-refractivity contribution in [3.63, 3.8) is 0 Å². The van der Waals surface area contributed by atoms with E-state index in [9.17, 15) is 0 Å². The van der Waals surface area contributed by atoms with Crippen LogP contribution in [0.3, 0.4) is 0 Å². The van der Waals surface area contributed by atoms with Crippen LogP contribution in [0.15, 0.2) is 18.6 Å². The fraction of sp³-hybridized carbons (Fsp3) is 0.333. The van der Waals surface area contributed by atoms with Gasteiger partial charge in [0.05, 0.1) is 0 Å². The molecule has 0 radical (unpaired) electrons. The molecule has 2 aromatic heterocycles. The van der Waals surface area contributed by atoms with Gasteiger partial charge in [-0.25, -0.2) is 9.97 Å². The molecule has 0 spiro atoms. The lowest BCUT2D eigenvalue weighted by Crippen LogP contribution is -1.95. The van der Waals surface area contributed by atoms with Crippen LogP contribution in [0, 0.1) is 0 Å². The van der Waals surface area contributed by atoms with Crippen molar-refractivity contribution in [1.82, 2.24) is 14.4 Å². The van der Waals surface area contributed by atoms with Crippen LogP contribution in [-0.2, 0) is 0 Å². The smallest absolute Gasteiger partial charge is 0.175 e. The fourth-order valence-electron chi connectivity index (χ4n) is 1.33. The van der Waals surface area contributed by atoms with E-state index in [1.807, 2.05) is 16.8 Å². The molecule has 3 nitrogen and oxygen atoms in total. The molecule has 0 N–H and O–H groups in total. The van der Waals surface area contributed by atoms with Crippen molar-refractivity contribution in [2.75, 3.05) is 0 Å². The molecule has 0 aliphatic heterocycles. The summed E-state index contributed by atoms with van der Waals surface area (Å²) in [5.74, 6) is 0.438. The highest BCUT2D eigenvalue weighted by Crippen LogP contribution is 2.19. The van der Waals surface area contributed by atoms with Gasteiger partial charge >= 0.3 is 0 Å². The molecule has 0 aliphatic carbocycles. The van der Waals surface area contributed by atoms with Crippen LogP contribution in [0.4, 0.5) is 0 Å². The number of rotatable bonds is 1. The van der Waals surface area contributed by atoms with E-state index >= 15 is 0 Å². The molecule has 0 saturated carbocycles. The molecule has 0 saturated heterocycles. The Balaban J connectivity index is 2.75. The summed E-state index contributed by atoms with van der Waals surface area (Å²) in [6, 6.07) is 0. The van der Waals surface area contributed by atoms with Crippen molar-refractivity contribution in [3.05, 3.63) is 29.4 Å². The number of nitrogens with zero attached hydrogens (tertiary/aromatic N) is 3. The molecule has 2 rings (SSSR count). The van der Waals surface area contributed by atoms with Crippen LogP contribution in [0.1, 0.15) is 25.5 Å². The van der Waals surface area contributed by atoms with E-state index in [0.717, 1.165) is 11.3 Å². The minimum absolute atomic E-state index is 0.438. The van der Waals surface area contributed by atoms with Gasteiger partial charge in [-0.1, -0.05) is 25.4 Å². The van der Waals surface area contributed by atoms with Crippen molar-refractivity contribution >= 4 is 17.2 Å². The van der Waals surface area contributed by atoms with Crippen LogP contribution >= 0.6 is 11.6 Å². The zero-order valence-electron chi connectivity index (χ0n) is 7.53. The van der Waals surface area contributed by atoms with Crippen molar-refractivity contribution in [2.45, 2.75) is 19.8 Å². The molecular weight excluding hydrogens is 186 g/mol. The summed E-state index contributed by atoms with van der Waals surface area (Å²) >= 11 is 5.88. The quantitative estimate of drug-likeness (QED) is 0.700. The van der Waals surface area contributed by atoms with E-state index in [-0.39, 0.29) is 0 Å². The second-order valence-corrected chi connectivity index (χ2v) is 3.61. The zero-order valence-corrected chi connectivity index (χ0v) is 8.28. The van der Waals surface area contributed by atoms with Gasteiger partial charge in [0.25, 0.3) is 0 Å². The maximum absolute atomic E-state index is 5.88. The Labute approximate surface area is 81.4 Å². The summed E-state index contributed by atoms with van der Waals surface area (Å²) in [6.07, 6.45) is 5.40. The van der Waals surface area contributed by atoms with E-state index < -0.39 is 0 Å². The first-order valence-corrected chi connectivity index (χ1v) is 4.55. The van der Waals surface area contributed by atoms with Gasteiger partial charge in [0.2, 0.25) is 0 Å². The summed E-state index contributed by atoms with van der Waals surface area (Å²) in [4.78, 5) is 8.17. The fourth-order valence-corrected chi connectivity index (χ4v) is 1.53. The summed E-state index contributed by atoms with van der Waals surface area (Å²) < 4.78 is 1.97. The molecule has 0 amide bonds. The Morgan fingerprint density at radius 3 is 2.85 bits per heavy atom. The van der Waals surface area contributed by atoms with Crippen LogP contribution in [-0.4, -0.2) is 14.4 Å². The van der Waals surface area contributed by atoms with E-state index in [2.05, 4.69) is 23.8 Å². The molecule has 0 fully saturated rings. The molecule has 2 heterocycles. The highest BCUT2D eigenvalue weighted by atomic mass is 35.5. The summed E-state index contributed by atoms with van der Waals surface area (Å²) in [7, 11) is 0. The highest BCUT2D eigenvalue weighted by Gasteiger charge is 2.08. The van der Waals surface area contributed by atoms with Crippen molar-refractivity contribution in [2.24, 2.45) is 0 Å². The molecule has 0 bridgehead atoms. The van der Waals surface area contributed by atoms with Crippen LogP contribution < -0.4 is 0 Å². The Morgan fingerprint density at radius 2 is 2.15 bits per heavy atom. The minimum Gasteiger partial charge on any atom is -0.300 e. The molecule has 4 heteroatoms. The third-order valence-corrected chi connectivity index (χ3v) is 2.27. The van der Waals surface area contributed by atoms with E-state index in [4.69, 9.17) is 11.6 Å². The Bertz CT molecular complexity index is 433. The number of halogens is 1. The SMILES string of the molecule is CC(C)c1cnc2c(Cl)nccn12. The van der Waals surface area contributed by atoms with Crippen LogP contribution in [0.2, 0.25) is 5.15 Å².